The zero-order valence-corrected chi connectivity index (χ0v) is 18.7. The average Bonchev–Trinajstić information content (AvgIpc) is 2.67. The summed E-state index contributed by atoms with van der Waals surface area (Å²) in [4.78, 5) is 0. The summed E-state index contributed by atoms with van der Waals surface area (Å²) < 4.78 is 24.4. The van der Waals surface area contributed by atoms with E-state index in [1.165, 1.54) is 11.1 Å². The summed E-state index contributed by atoms with van der Waals surface area (Å²) in [6.07, 6.45) is 8.04. The fourth-order valence-corrected chi connectivity index (χ4v) is 4.35. The Morgan fingerprint density at radius 2 is 1.04 bits per heavy atom. The molecule has 0 aliphatic rings. The van der Waals surface area contributed by atoms with Crippen LogP contribution in [0.15, 0.2) is 36.4 Å². The van der Waals surface area contributed by atoms with E-state index >= 15 is 0 Å². The molecule has 0 unspecified atom stereocenters. The quantitative estimate of drug-likeness (QED) is 0.343. The Hall–Kier alpha value is -1.86. The Morgan fingerprint density at radius 3 is 1.39 bits per heavy atom. The molecule has 0 saturated heterocycles. The Balaban J connectivity index is 2.23. The van der Waals surface area contributed by atoms with E-state index in [-0.39, 0.29) is 0 Å². The van der Waals surface area contributed by atoms with Gasteiger partial charge in [-0.15, -0.1) is 0 Å². The normalized spacial score (nSPS) is 10.7. The van der Waals surface area contributed by atoms with E-state index in [0.29, 0.717) is 11.5 Å². The second kappa shape index (κ2) is 11.9. The molecule has 2 aromatic rings. The van der Waals surface area contributed by atoms with Crippen molar-refractivity contribution in [2.24, 2.45) is 0 Å². The van der Waals surface area contributed by atoms with Gasteiger partial charge >= 0.3 is 8.25 Å². The van der Waals surface area contributed by atoms with Gasteiger partial charge in [0.15, 0.2) is 11.5 Å². The van der Waals surface area contributed by atoms with Crippen LogP contribution in [0, 0.1) is 0 Å². The van der Waals surface area contributed by atoms with Gasteiger partial charge in [0.25, 0.3) is 0 Å². The van der Waals surface area contributed by atoms with Crippen LogP contribution in [0.2, 0.25) is 0 Å². The molecule has 0 heterocycles. The van der Waals surface area contributed by atoms with E-state index in [2.05, 4.69) is 39.8 Å². The molecular weight excluding hydrogens is 367 g/mol. The third kappa shape index (κ3) is 6.07. The van der Waals surface area contributed by atoms with Gasteiger partial charge in [-0.2, -0.15) is 0 Å². The maximum Gasteiger partial charge on any atom is 0.805 e. The first kappa shape index (κ1) is 22.4. The molecule has 0 spiro atoms. The highest BCUT2D eigenvalue weighted by Crippen LogP contribution is 2.37. The van der Waals surface area contributed by atoms with E-state index in [9.17, 15) is 4.57 Å². The first-order valence-electron chi connectivity index (χ1n) is 10.7. The van der Waals surface area contributed by atoms with E-state index in [4.69, 9.17) is 9.05 Å². The Morgan fingerprint density at radius 1 is 0.643 bits per heavy atom. The molecule has 0 N–H and O–H groups in total. The second-order valence-corrected chi connectivity index (χ2v) is 8.01. The highest BCUT2D eigenvalue weighted by Gasteiger charge is 2.28. The van der Waals surface area contributed by atoms with Gasteiger partial charge in [-0.25, -0.2) is 9.05 Å². The summed E-state index contributed by atoms with van der Waals surface area (Å²) >= 11 is 0. The lowest BCUT2D eigenvalue weighted by atomic mass is 9.99. The Kier molecular flexibility index (Phi) is 9.50. The lowest BCUT2D eigenvalue weighted by molar-refractivity contribution is 0.411. The van der Waals surface area contributed by atoms with Crippen molar-refractivity contribution in [3.05, 3.63) is 58.7 Å². The first-order valence-corrected chi connectivity index (χ1v) is 11.8. The van der Waals surface area contributed by atoms with Gasteiger partial charge in [-0.3, -0.25) is 0 Å². The lowest BCUT2D eigenvalue weighted by Crippen LogP contribution is -2.01. The third-order valence-electron chi connectivity index (χ3n) is 4.84. The Bertz CT molecular complexity index is 707. The molecule has 0 saturated carbocycles. The van der Waals surface area contributed by atoms with Gasteiger partial charge in [-0.05, 0) is 48.9 Å². The molecule has 4 heteroatoms. The third-order valence-corrected chi connectivity index (χ3v) is 5.54. The molecule has 0 amide bonds. The Labute approximate surface area is 171 Å². The highest BCUT2D eigenvalue weighted by atomic mass is 31.1. The van der Waals surface area contributed by atoms with Crippen LogP contribution < -0.4 is 9.05 Å². The monoisotopic (exact) mass is 401 g/mol. The van der Waals surface area contributed by atoms with Gasteiger partial charge in [0.2, 0.25) is 0 Å². The molecule has 2 rings (SSSR count). The fraction of sp³-hybridized carbons (Fsp3) is 0.500. The molecule has 2 aromatic carbocycles. The summed E-state index contributed by atoms with van der Waals surface area (Å²) in [5.41, 5.74) is 4.88. The van der Waals surface area contributed by atoms with Crippen molar-refractivity contribution in [2.45, 2.75) is 79.1 Å². The standard InChI is InChI=1S/C24H34O3P/c1-5-11-19-15-9-17-23(21(19)13-7-3)26-28(25)27-24-18-10-16-20(12-6-2)22(24)14-8-4/h9-10,15-18H,5-8,11-14H2,1-4H3/q+1. The zero-order chi connectivity index (χ0) is 20.4. The van der Waals surface area contributed by atoms with Crippen LogP contribution in [0.5, 0.6) is 11.5 Å². The van der Waals surface area contributed by atoms with Crippen LogP contribution in [0.25, 0.3) is 0 Å². The van der Waals surface area contributed by atoms with Crippen LogP contribution in [0.1, 0.15) is 75.6 Å². The van der Waals surface area contributed by atoms with Crippen LogP contribution in [0.3, 0.4) is 0 Å². The summed E-state index contributed by atoms with van der Waals surface area (Å²) in [5, 5.41) is 0. The summed E-state index contributed by atoms with van der Waals surface area (Å²) in [7, 11) is -2.28. The zero-order valence-electron chi connectivity index (χ0n) is 17.8. The maximum absolute atomic E-state index is 12.7. The van der Waals surface area contributed by atoms with Crippen LogP contribution in [0.4, 0.5) is 0 Å². The SMILES string of the molecule is CCCc1cccc(O[P+](=O)Oc2cccc(CCC)c2CCC)c1CCC. The first-order chi connectivity index (χ1) is 13.6. The number of benzene rings is 2. The fourth-order valence-electron chi connectivity index (χ4n) is 3.65. The van der Waals surface area contributed by atoms with Crippen molar-refractivity contribution in [2.75, 3.05) is 0 Å². The summed E-state index contributed by atoms with van der Waals surface area (Å²) in [6, 6.07) is 12.0. The number of hydrogen-bond acceptors (Lipinski definition) is 3. The minimum Gasteiger partial charge on any atom is -0.222 e. The van der Waals surface area contributed by atoms with Gasteiger partial charge in [0, 0.05) is 15.7 Å². The molecule has 28 heavy (non-hydrogen) atoms. The smallest absolute Gasteiger partial charge is 0.222 e. The van der Waals surface area contributed by atoms with Crippen LogP contribution in [-0.2, 0) is 30.2 Å². The van der Waals surface area contributed by atoms with Crippen LogP contribution in [-0.4, -0.2) is 0 Å². The number of hydrogen-bond donors (Lipinski definition) is 0. The van der Waals surface area contributed by atoms with Crippen molar-refractivity contribution >= 4 is 8.25 Å². The van der Waals surface area contributed by atoms with E-state index in [1.807, 2.05) is 24.3 Å². The van der Waals surface area contributed by atoms with E-state index < -0.39 is 8.25 Å². The number of rotatable bonds is 12. The lowest BCUT2D eigenvalue weighted by Gasteiger charge is -2.11. The molecule has 0 radical (unpaired) electrons. The average molecular weight is 402 g/mol. The molecule has 0 fully saturated rings. The van der Waals surface area contributed by atoms with Crippen LogP contribution >= 0.6 is 8.25 Å². The molecular formula is C24H34O3P+. The second-order valence-electron chi connectivity index (χ2n) is 7.19. The molecule has 3 nitrogen and oxygen atoms in total. The summed E-state index contributed by atoms with van der Waals surface area (Å²) in [6.45, 7) is 8.65. The van der Waals surface area contributed by atoms with E-state index in [1.54, 1.807) is 0 Å². The summed E-state index contributed by atoms with van der Waals surface area (Å²) in [5.74, 6) is 1.38. The topological polar surface area (TPSA) is 35.5 Å². The number of aryl methyl sites for hydroxylation is 2. The molecule has 0 aliphatic carbocycles. The molecule has 0 aliphatic heterocycles. The van der Waals surface area contributed by atoms with Crippen molar-refractivity contribution in [1.29, 1.82) is 0 Å². The minimum absolute atomic E-state index is 0.690. The molecule has 152 valence electrons. The molecule has 0 bridgehead atoms. The molecule has 0 atom stereocenters. The van der Waals surface area contributed by atoms with Crippen molar-refractivity contribution in [3.8, 4) is 11.5 Å². The van der Waals surface area contributed by atoms with Crippen molar-refractivity contribution < 1.29 is 13.6 Å². The predicted octanol–water partition coefficient (Wildman–Crippen LogP) is 7.61. The van der Waals surface area contributed by atoms with Gasteiger partial charge in [0.1, 0.15) is 0 Å². The molecule has 0 aromatic heterocycles. The minimum atomic E-state index is -2.28. The predicted molar refractivity (Wildman–Crippen MR) is 118 cm³/mol. The van der Waals surface area contributed by atoms with Crippen molar-refractivity contribution in [1.82, 2.24) is 0 Å². The van der Waals surface area contributed by atoms with Gasteiger partial charge in [-0.1, -0.05) is 77.6 Å². The van der Waals surface area contributed by atoms with Gasteiger partial charge < -0.3 is 0 Å². The highest BCUT2D eigenvalue weighted by molar-refractivity contribution is 7.34. The maximum atomic E-state index is 12.7. The van der Waals surface area contributed by atoms with Gasteiger partial charge in [0.05, 0.1) is 0 Å². The largest absolute Gasteiger partial charge is 0.805 e. The van der Waals surface area contributed by atoms with Crippen molar-refractivity contribution in [3.63, 3.8) is 0 Å². The van der Waals surface area contributed by atoms with E-state index in [0.717, 1.165) is 62.5 Å².